The molecule has 0 atom stereocenters. The Bertz CT molecular complexity index is 628. The third-order valence-corrected chi connectivity index (χ3v) is 3.37. The van der Waals surface area contributed by atoms with Crippen LogP contribution in [0.25, 0.3) is 0 Å². The third kappa shape index (κ3) is 2.64. The van der Waals surface area contributed by atoms with E-state index in [4.69, 9.17) is 9.47 Å². The van der Waals surface area contributed by atoms with Crippen LogP contribution in [-0.4, -0.2) is 48.4 Å². The Morgan fingerprint density at radius 2 is 2.33 bits per heavy atom. The van der Waals surface area contributed by atoms with Crippen molar-refractivity contribution < 1.29 is 19.2 Å². The van der Waals surface area contributed by atoms with E-state index >= 15 is 0 Å². The van der Waals surface area contributed by atoms with Crippen molar-refractivity contribution in [3.8, 4) is 5.75 Å². The molecule has 0 N–H and O–H groups in total. The van der Waals surface area contributed by atoms with E-state index in [9.17, 15) is 14.9 Å². The number of nitro groups is 1. The Kier molecular flexibility index (Phi) is 3.43. The first-order chi connectivity index (χ1) is 10.1. The maximum absolute atomic E-state index is 11.3. The standard InChI is InChI=1S/C13H13N3O5/c17-13-15(2-4-21-13)1-3-20-12-6-10-8-14-7-9(10)5-11(12)16(18)19/h5-7H,1-4,8H2. The zero-order chi connectivity index (χ0) is 14.8. The number of fused-ring (bicyclic) bond motifs is 1. The van der Waals surface area contributed by atoms with E-state index in [2.05, 4.69) is 4.99 Å². The molecule has 0 aromatic heterocycles. The van der Waals surface area contributed by atoms with Crippen molar-refractivity contribution in [1.82, 2.24) is 4.90 Å². The summed E-state index contributed by atoms with van der Waals surface area (Å²) in [6.45, 7) is 1.90. The Hall–Kier alpha value is -2.64. The normalized spacial score (nSPS) is 16.0. The Morgan fingerprint density at radius 3 is 3.05 bits per heavy atom. The highest BCUT2D eigenvalue weighted by molar-refractivity contribution is 5.86. The lowest BCUT2D eigenvalue weighted by Gasteiger charge is -2.13. The first-order valence-electron chi connectivity index (χ1n) is 6.51. The SMILES string of the molecule is O=C1OCCN1CCOc1cc2c(cc1[N+](=O)[O-])C=NC2. The largest absolute Gasteiger partial charge is 0.485 e. The van der Waals surface area contributed by atoms with E-state index in [-0.39, 0.29) is 24.1 Å². The van der Waals surface area contributed by atoms with Crippen LogP contribution in [0.15, 0.2) is 17.1 Å². The van der Waals surface area contributed by atoms with E-state index < -0.39 is 4.92 Å². The average Bonchev–Trinajstić information content (AvgIpc) is 3.06. The summed E-state index contributed by atoms with van der Waals surface area (Å²) in [6, 6.07) is 3.11. The number of benzene rings is 1. The van der Waals surface area contributed by atoms with Crippen LogP contribution in [-0.2, 0) is 11.3 Å². The van der Waals surface area contributed by atoms with Gasteiger partial charge in [0, 0.05) is 17.8 Å². The van der Waals surface area contributed by atoms with Crippen LogP contribution < -0.4 is 4.74 Å². The average molecular weight is 291 g/mol. The summed E-state index contributed by atoms with van der Waals surface area (Å²) >= 11 is 0. The number of ether oxygens (including phenoxy) is 2. The Balaban J connectivity index is 1.70. The maximum Gasteiger partial charge on any atom is 0.410 e. The fourth-order valence-electron chi connectivity index (χ4n) is 2.28. The molecule has 0 bridgehead atoms. The van der Waals surface area contributed by atoms with E-state index in [0.29, 0.717) is 26.2 Å². The molecule has 110 valence electrons. The van der Waals surface area contributed by atoms with E-state index in [1.54, 1.807) is 12.3 Å². The third-order valence-electron chi connectivity index (χ3n) is 3.37. The molecular formula is C13H13N3O5. The summed E-state index contributed by atoms with van der Waals surface area (Å²) in [4.78, 5) is 27.5. The van der Waals surface area contributed by atoms with Crippen molar-refractivity contribution in [3.63, 3.8) is 0 Å². The number of aliphatic imine (C=N–C) groups is 1. The topological polar surface area (TPSA) is 94.3 Å². The van der Waals surface area contributed by atoms with Gasteiger partial charge in [-0.3, -0.25) is 15.1 Å². The van der Waals surface area contributed by atoms with Gasteiger partial charge in [0.25, 0.3) is 0 Å². The maximum atomic E-state index is 11.3. The fourth-order valence-corrected chi connectivity index (χ4v) is 2.28. The van der Waals surface area contributed by atoms with Crippen molar-refractivity contribution in [2.45, 2.75) is 6.54 Å². The lowest BCUT2D eigenvalue weighted by Crippen LogP contribution is -2.29. The molecule has 1 saturated heterocycles. The predicted octanol–water partition coefficient (Wildman–Crippen LogP) is 1.36. The Labute approximate surface area is 120 Å². The summed E-state index contributed by atoms with van der Waals surface area (Å²) < 4.78 is 10.3. The van der Waals surface area contributed by atoms with Gasteiger partial charge >= 0.3 is 11.8 Å². The molecule has 2 aliphatic rings. The second kappa shape index (κ2) is 5.39. The van der Waals surface area contributed by atoms with Gasteiger partial charge in [-0.05, 0) is 11.6 Å². The molecule has 0 radical (unpaired) electrons. The number of hydrogen-bond donors (Lipinski definition) is 0. The highest BCUT2D eigenvalue weighted by Crippen LogP contribution is 2.32. The van der Waals surface area contributed by atoms with Gasteiger partial charge in [-0.1, -0.05) is 0 Å². The highest BCUT2D eigenvalue weighted by Gasteiger charge is 2.23. The molecule has 2 heterocycles. The number of carbonyl (C=O) groups is 1. The van der Waals surface area contributed by atoms with Crippen molar-refractivity contribution >= 4 is 18.0 Å². The first-order valence-corrected chi connectivity index (χ1v) is 6.51. The number of amides is 1. The van der Waals surface area contributed by atoms with Crippen molar-refractivity contribution in [2.24, 2.45) is 4.99 Å². The minimum absolute atomic E-state index is 0.0916. The van der Waals surface area contributed by atoms with Gasteiger partial charge in [-0.2, -0.15) is 0 Å². The summed E-state index contributed by atoms with van der Waals surface area (Å²) in [5, 5.41) is 11.1. The van der Waals surface area contributed by atoms with Crippen molar-refractivity contribution in [2.75, 3.05) is 26.3 Å². The number of nitrogens with zero attached hydrogens (tertiary/aromatic N) is 3. The van der Waals surface area contributed by atoms with Crippen molar-refractivity contribution in [1.29, 1.82) is 0 Å². The minimum atomic E-state index is -0.480. The fraction of sp³-hybridized carbons (Fsp3) is 0.385. The molecule has 1 amide bonds. The molecule has 2 aliphatic heterocycles. The number of rotatable bonds is 5. The minimum Gasteiger partial charge on any atom is -0.485 e. The number of hydrogen-bond acceptors (Lipinski definition) is 6. The van der Waals surface area contributed by atoms with Crippen LogP contribution in [0, 0.1) is 10.1 Å². The molecular weight excluding hydrogens is 278 g/mol. The second-order valence-electron chi connectivity index (χ2n) is 4.70. The Morgan fingerprint density at radius 1 is 1.48 bits per heavy atom. The summed E-state index contributed by atoms with van der Waals surface area (Å²) in [5.74, 6) is 0.205. The molecule has 21 heavy (non-hydrogen) atoms. The molecule has 1 aromatic rings. The van der Waals surface area contributed by atoms with Crippen LogP contribution in [0.1, 0.15) is 11.1 Å². The number of carbonyl (C=O) groups excluding carboxylic acids is 1. The van der Waals surface area contributed by atoms with Crippen LogP contribution in [0.2, 0.25) is 0 Å². The molecule has 0 spiro atoms. The van der Waals surface area contributed by atoms with Gasteiger partial charge in [-0.25, -0.2) is 4.79 Å². The molecule has 0 saturated carbocycles. The summed E-state index contributed by atoms with van der Waals surface area (Å²) in [5.41, 5.74) is 1.56. The van der Waals surface area contributed by atoms with Gasteiger partial charge in [0.05, 0.1) is 24.6 Å². The number of cyclic esters (lactones) is 1. The molecule has 1 fully saturated rings. The smallest absolute Gasteiger partial charge is 0.410 e. The zero-order valence-corrected chi connectivity index (χ0v) is 11.2. The molecule has 3 rings (SSSR count). The van der Waals surface area contributed by atoms with E-state index in [1.165, 1.54) is 11.0 Å². The van der Waals surface area contributed by atoms with Gasteiger partial charge in [0.2, 0.25) is 0 Å². The lowest BCUT2D eigenvalue weighted by molar-refractivity contribution is -0.385. The van der Waals surface area contributed by atoms with Crippen molar-refractivity contribution in [3.05, 3.63) is 33.4 Å². The molecule has 8 nitrogen and oxygen atoms in total. The second-order valence-corrected chi connectivity index (χ2v) is 4.70. The number of nitro benzene ring substituents is 1. The van der Waals surface area contributed by atoms with Gasteiger partial charge < -0.3 is 14.4 Å². The molecule has 1 aromatic carbocycles. The van der Waals surface area contributed by atoms with Gasteiger partial charge in [-0.15, -0.1) is 0 Å². The first kappa shape index (κ1) is 13.3. The van der Waals surface area contributed by atoms with Gasteiger partial charge in [0.1, 0.15) is 13.2 Å². The van der Waals surface area contributed by atoms with Gasteiger partial charge in [0.15, 0.2) is 5.75 Å². The van der Waals surface area contributed by atoms with Crippen LogP contribution in [0.3, 0.4) is 0 Å². The summed E-state index contributed by atoms with van der Waals surface area (Å²) in [6.07, 6.45) is 1.24. The predicted molar refractivity (Wildman–Crippen MR) is 72.8 cm³/mol. The summed E-state index contributed by atoms with van der Waals surface area (Å²) in [7, 11) is 0. The van der Waals surface area contributed by atoms with Crippen LogP contribution in [0.5, 0.6) is 5.75 Å². The monoisotopic (exact) mass is 291 g/mol. The highest BCUT2D eigenvalue weighted by atomic mass is 16.6. The zero-order valence-electron chi connectivity index (χ0n) is 11.2. The van der Waals surface area contributed by atoms with Crippen LogP contribution >= 0.6 is 0 Å². The molecule has 0 unspecified atom stereocenters. The quantitative estimate of drug-likeness (QED) is 0.603. The van der Waals surface area contributed by atoms with E-state index in [1.807, 2.05) is 0 Å². The van der Waals surface area contributed by atoms with E-state index in [0.717, 1.165) is 11.1 Å². The van der Waals surface area contributed by atoms with Crippen LogP contribution in [0.4, 0.5) is 10.5 Å². The molecule has 8 heteroatoms. The molecule has 0 aliphatic carbocycles. The lowest BCUT2D eigenvalue weighted by atomic mass is 10.1.